The van der Waals surface area contributed by atoms with Crippen LogP contribution < -0.4 is 10.9 Å². The van der Waals surface area contributed by atoms with Crippen molar-refractivity contribution in [1.29, 1.82) is 0 Å². The molecule has 1 aliphatic heterocycles. The largest absolute Gasteiger partial charge is 0.492 e. The number of aryl methyl sites for hydroxylation is 1. The van der Waals surface area contributed by atoms with Crippen LogP contribution in [-0.4, -0.2) is 54.6 Å². The summed E-state index contributed by atoms with van der Waals surface area (Å²) in [4.78, 5) is 40.7. The zero-order valence-corrected chi connectivity index (χ0v) is 18.7. The average molecular weight is 440 g/mol. The molecule has 2 aromatic heterocycles. The first kappa shape index (κ1) is 20.8. The highest BCUT2D eigenvalue weighted by molar-refractivity contribution is 5.97. The molecular formula is C23H29N5O4. The molecule has 5 rings (SSSR count). The molecule has 2 aliphatic carbocycles. The van der Waals surface area contributed by atoms with Crippen molar-refractivity contribution in [3.8, 4) is 5.88 Å². The third-order valence-electron chi connectivity index (χ3n) is 6.61. The number of carbonyl (C=O) groups excluding carboxylic acids is 2. The van der Waals surface area contributed by atoms with E-state index in [4.69, 9.17) is 0 Å². The highest BCUT2D eigenvalue weighted by Crippen LogP contribution is 2.44. The van der Waals surface area contributed by atoms with Gasteiger partial charge in [-0.1, -0.05) is 13.8 Å². The van der Waals surface area contributed by atoms with Crippen LogP contribution in [0.15, 0.2) is 10.9 Å². The van der Waals surface area contributed by atoms with Crippen molar-refractivity contribution in [3.63, 3.8) is 0 Å². The summed E-state index contributed by atoms with van der Waals surface area (Å²) in [6, 6.07) is 0.420. The number of nitrogens with zero attached hydrogens (tertiary/aromatic N) is 4. The lowest BCUT2D eigenvalue weighted by Crippen LogP contribution is -2.36. The van der Waals surface area contributed by atoms with Gasteiger partial charge in [0.1, 0.15) is 5.65 Å². The lowest BCUT2D eigenvalue weighted by atomic mass is 10.1. The fourth-order valence-electron chi connectivity index (χ4n) is 4.70. The predicted octanol–water partition coefficient (Wildman–Crippen LogP) is 1.69. The second-order valence-electron chi connectivity index (χ2n) is 9.71. The van der Waals surface area contributed by atoms with Crippen LogP contribution in [0, 0.1) is 18.8 Å². The van der Waals surface area contributed by atoms with E-state index in [1.807, 2.05) is 18.7 Å². The number of rotatable bonds is 6. The topological polar surface area (TPSA) is 109 Å². The van der Waals surface area contributed by atoms with Gasteiger partial charge in [-0.3, -0.25) is 19.0 Å². The van der Waals surface area contributed by atoms with E-state index in [2.05, 4.69) is 10.4 Å². The molecule has 3 aliphatic rings. The molecule has 3 fully saturated rings. The number of amides is 2. The molecule has 9 heteroatoms. The maximum atomic E-state index is 13.3. The number of likely N-dealkylation sites (tertiary alicyclic amines) is 1. The number of piperidine rings is 1. The summed E-state index contributed by atoms with van der Waals surface area (Å²) in [6.45, 7) is 6.84. The van der Waals surface area contributed by atoms with Gasteiger partial charge in [-0.15, -0.1) is 0 Å². The van der Waals surface area contributed by atoms with E-state index in [1.54, 1.807) is 13.0 Å². The summed E-state index contributed by atoms with van der Waals surface area (Å²) < 4.78 is 2.74. The first-order valence-corrected chi connectivity index (χ1v) is 11.4. The highest BCUT2D eigenvalue weighted by Gasteiger charge is 2.48. The van der Waals surface area contributed by atoms with Gasteiger partial charge in [0, 0.05) is 36.8 Å². The first-order chi connectivity index (χ1) is 15.3. The van der Waals surface area contributed by atoms with Crippen molar-refractivity contribution in [2.45, 2.75) is 65.1 Å². The Morgan fingerprint density at radius 2 is 2.03 bits per heavy atom. The average Bonchev–Trinajstić information content (AvgIpc) is 3.64. The number of hydrogen-bond acceptors (Lipinski definition) is 5. The second kappa shape index (κ2) is 7.50. The van der Waals surface area contributed by atoms with E-state index >= 15 is 0 Å². The SMILES string of the molecule is Cc1nn2c(O)c(C(=O)NC3CC3)c(=O)n(CC(C)C)c2c1C=CC(=O)N1CCC2CC21. The van der Waals surface area contributed by atoms with E-state index in [0.29, 0.717) is 35.4 Å². The van der Waals surface area contributed by atoms with Crippen molar-refractivity contribution in [1.82, 2.24) is 24.4 Å². The van der Waals surface area contributed by atoms with Gasteiger partial charge in [0.2, 0.25) is 11.8 Å². The Balaban J connectivity index is 1.59. The minimum atomic E-state index is -0.581. The van der Waals surface area contributed by atoms with Crippen molar-refractivity contribution in [2.75, 3.05) is 6.54 Å². The summed E-state index contributed by atoms with van der Waals surface area (Å²) in [5.41, 5.74) is 0.689. The zero-order valence-electron chi connectivity index (χ0n) is 18.7. The van der Waals surface area contributed by atoms with Crippen LogP contribution in [0.5, 0.6) is 5.88 Å². The summed E-state index contributed by atoms with van der Waals surface area (Å²) in [7, 11) is 0. The summed E-state index contributed by atoms with van der Waals surface area (Å²) >= 11 is 0. The minimum Gasteiger partial charge on any atom is -0.492 e. The Morgan fingerprint density at radius 3 is 2.62 bits per heavy atom. The number of carbonyl (C=O) groups is 2. The second-order valence-corrected chi connectivity index (χ2v) is 9.71. The Morgan fingerprint density at radius 1 is 1.28 bits per heavy atom. The van der Waals surface area contributed by atoms with E-state index in [-0.39, 0.29) is 23.4 Å². The molecule has 0 radical (unpaired) electrons. The van der Waals surface area contributed by atoms with Crippen molar-refractivity contribution >= 4 is 23.5 Å². The Labute approximate surface area is 185 Å². The number of nitrogens with one attached hydrogen (secondary N) is 1. The highest BCUT2D eigenvalue weighted by atomic mass is 16.3. The molecule has 2 N–H and O–H groups in total. The van der Waals surface area contributed by atoms with Crippen LogP contribution in [0.1, 0.15) is 61.1 Å². The van der Waals surface area contributed by atoms with Crippen LogP contribution in [0.2, 0.25) is 0 Å². The van der Waals surface area contributed by atoms with Gasteiger partial charge in [-0.25, -0.2) is 0 Å². The molecule has 3 heterocycles. The Hall–Kier alpha value is -3.10. The molecule has 2 atom stereocenters. The molecule has 2 unspecified atom stereocenters. The smallest absolute Gasteiger partial charge is 0.270 e. The quantitative estimate of drug-likeness (QED) is 0.666. The first-order valence-electron chi connectivity index (χ1n) is 11.4. The number of hydrogen-bond donors (Lipinski definition) is 2. The van der Waals surface area contributed by atoms with E-state index in [1.165, 1.54) is 15.2 Å². The van der Waals surface area contributed by atoms with Crippen LogP contribution in [0.3, 0.4) is 0 Å². The van der Waals surface area contributed by atoms with Gasteiger partial charge < -0.3 is 15.3 Å². The molecule has 9 nitrogen and oxygen atoms in total. The van der Waals surface area contributed by atoms with Crippen LogP contribution >= 0.6 is 0 Å². The third kappa shape index (κ3) is 3.49. The molecule has 1 saturated heterocycles. The maximum absolute atomic E-state index is 13.3. The monoisotopic (exact) mass is 439 g/mol. The minimum absolute atomic E-state index is 0.0452. The van der Waals surface area contributed by atoms with Crippen LogP contribution in [-0.2, 0) is 11.3 Å². The molecule has 2 saturated carbocycles. The summed E-state index contributed by atoms with van der Waals surface area (Å²) in [5.74, 6) is -0.332. The third-order valence-corrected chi connectivity index (χ3v) is 6.61. The molecule has 170 valence electrons. The standard InChI is InChI=1S/C23H29N5O4/c1-12(2)11-27-21-16(6-7-18(29)26-9-8-14-10-17(14)26)13(3)25-28(21)23(32)19(22(27)31)20(30)24-15-4-5-15/h6-7,12,14-15,17,32H,4-5,8-11H2,1-3H3,(H,24,30). The number of fused-ring (bicyclic) bond motifs is 2. The lowest BCUT2D eigenvalue weighted by Gasteiger charge is -2.16. The summed E-state index contributed by atoms with van der Waals surface area (Å²) in [5, 5.41) is 18.0. The molecule has 0 bridgehead atoms. The normalized spacial score (nSPS) is 22.2. The van der Waals surface area contributed by atoms with Crippen LogP contribution in [0.25, 0.3) is 11.7 Å². The van der Waals surface area contributed by atoms with Crippen molar-refractivity contribution in [3.05, 3.63) is 33.3 Å². The number of aromatic nitrogens is 3. The van der Waals surface area contributed by atoms with Gasteiger partial charge >= 0.3 is 0 Å². The van der Waals surface area contributed by atoms with E-state index in [9.17, 15) is 19.5 Å². The summed E-state index contributed by atoms with van der Waals surface area (Å²) in [6.07, 6.45) is 7.10. The van der Waals surface area contributed by atoms with Gasteiger partial charge in [-0.2, -0.15) is 9.61 Å². The van der Waals surface area contributed by atoms with Gasteiger partial charge in [0.25, 0.3) is 11.5 Å². The fraction of sp³-hybridized carbons (Fsp3) is 0.565. The molecular weight excluding hydrogens is 410 g/mol. The molecule has 0 spiro atoms. The Bertz CT molecular complexity index is 1200. The molecule has 2 amide bonds. The Kier molecular flexibility index (Phi) is 4.87. The lowest BCUT2D eigenvalue weighted by molar-refractivity contribution is -0.125. The van der Waals surface area contributed by atoms with Crippen LogP contribution in [0.4, 0.5) is 0 Å². The van der Waals surface area contributed by atoms with E-state index in [0.717, 1.165) is 32.2 Å². The van der Waals surface area contributed by atoms with Gasteiger partial charge in [-0.05, 0) is 50.5 Å². The fourth-order valence-corrected chi connectivity index (χ4v) is 4.70. The van der Waals surface area contributed by atoms with Crippen molar-refractivity contribution in [2.24, 2.45) is 11.8 Å². The van der Waals surface area contributed by atoms with Crippen molar-refractivity contribution < 1.29 is 14.7 Å². The maximum Gasteiger partial charge on any atom is 0.270 e. The van der Waals surface area contributed by atoms with Gasteiger partial charge in [0.05, 0.1) is 5.69 Å². The molecule has 2 aromatic rings. The molecule has 0 aromatic carbocycles. The zero-order chi connectivity index (χ0) is 22.7. The number of aromatic hydroxyl groups is 1. The van der Waals surface area contributed by atoms with E-state index < -0.39 is 17.3 Å². The van der Waals surface area contributed by atoms with Gasteiger partial charge in [0.15, 0.2) is 5.56 Å². The molecule has 32 heavy (non-hydrogen) atoms. The predicted molar refractivity (Wildman–Crippen MR) is 118 cm³/mol.